The van der Waals surface area contributed by atoms with Crippen molar-refractivity contribution in [3.05, 3.63) is 59.0 Å². The van der Waals surface area contributed by atoms with Crippen molar-refractivity contribution in [3.63, 3.8) is 0 Å². The molecule has 0 saturated heterocycles. The Labute approximate surface area is 120 Å². The van der Waals surface area contributed by atoms with Crippen LogP contribution in [0.25, 0.3) is 0 Å². The van der Waals surface area contributed by atoms with Crippen LogP contribution in [0.3, 0.4) is 0 Å². The van der Waals surface area contributed by atoms with E-state index in [0.717, 1.165) is 0 Å². The number of benzene rings is 1. The molecular formula is C14H11ClNO4-. The van der Waals surface area contributed by atoms with Gasteiger partial charge in [0.2, 0.25) is 0 Å². The summed E-state index contributed by atoms with van der Waals surface area (Å²) >= 11 is 5.78. The lowest BCUT2D eigenvalue weighted by molar-refractivity contribution is -0.306. The van der Waals surface area contributed by atoms with Gasteiger partial charge in [-0.3, -0.25) is 4.79 Å². The van der Waals surface area contributed by atoms with Gasteiger partial charge in [0.05, 0.1) is 12.3 Å². The van der Waals surface area contributed by atoms with Crippen molar-refractivity contribution in [2.45, 2.75) is 12.5 Å². The summed E-state index contributed by atoms with van der Waals surface area (Å²) in [5.74, 6) is -1.64. The third kappa shape index (κ3) is 3.61. The van der Waals surface area contributed by atoms with Crippen molar-refractivity contribution in [3.8, 4) is 0 Å². The summed E-state index contributed by atoms with van der Waals surface area (Å²) in [5, 5.41) is 13.9. The first-order chi connectivity index (χ1) is 9.56. The summed E-state index contributed by atoms with van der Waals surface area (Å²) in [6, 6.07) is 8.90. The topological polar surface area (TPSA) is 82.4 Å². The molecule has 2 rings (SSSR count). The number of hydrogen-bond donors (Lipinski definition) is 1. The average Bonchev–Trinajstić information content (AvgIpc) is 2.92. The SMILES string of the molecule is O=C([O-])C[C@H](NC(=O)c1ccco1)c1ccc(Cl)cc1. The van der Waals surface area contributed by atoms with E-state index in [1.54, 1.807) is 30.3 Å². The van der Waals surface area contributed by atoms with Gasteiger partial charge in [0, 0.05) is 17.4 Å². The first-order valence-corrected chi connectivity index (χ1v) is 6.24. The predicted octanol–water partition coefficient (Wildman–Crippen LogP) is 1.54. The number of aliphatic carboxylic acids is 1. The number of rotatable bonds is 5. The Hall–Kier alpha value is -2.27. The van der Waals surface area contributed by atoms with E-state index >= 15 is 0 Å². The minimum Gasteiger partial charge on any atom is -0.550 e. The molecule has 0 radical (unpaired) electrons. The van der Waals surface area contributed by atoms with Crippen LogP contribution in [0.5, 0.6) is 0 Å². The highest BCUT2D eigenvalue weighted by Gasteiger charge is 2.17. The van der Waals surface area contributed by atoms with Gasteiger partial charge < -0.3 is 19.6 Å². The predicted molar refractivity (Wildman–Crippen MR) is 70.0 cm³/mol. The second-order valence-corrected chi connectivity index (χ2v) is 4.57. The van der Waals surface area contributed by atoms with Crippen LogP contribution in [-0.4, -0.2) is 11.9 Å². The Bertz CT molecular complexity index is 592. The summed E-state index contributed by atoms with van der Waals surface area (Å²) in [6.45, 7) is 0. The van der Waals surface area contributed by atoms with Gasteiger partial charge in [-0.2, -0.15) is 0 Å². The van der Waals surface area contributed by atoms with E-state index < -0.39 is 17.9 Å². The molecule has 1 aromatic carbocycles. The van der Waals surface area contributed by atoms with Crippen LogP contribution in [0, 0.1) is 0 Å². The maximum Gasteiger partial charge on any atom is 0.287 e. The van der Waals surface area contributed by atoms with Crippen molar-refractivity contribution < 1.29 is 19.1 Å². The maximum atomic E-state index is 11.9. The normalized spacial score (nSPS) is 11.8. The number of amides is 1. The standard InChI is InChI=1S/C14H12ClNO4/c15-10-5-3-9(4-6-10)11(8-13(17)18)16-14(19)12-2-1-7-20-12/h1-7,11H,8H2,(H,16,19)(H,17,18)/p-1/t11-/m0/s1. The molecule has 0 spiro atoms. The molecule has 6 heteroatoms. The number of carbonyl (C=O) groups is 2. The molecule has 0 saturated carbocycles. The van der Waals surface area contributed by atoms with E-state index in [1.165, 1.54) is 12.3 Å². The molecule has 2 aromatic rings. The largest absolute Gasteiger partial charge is 0.550 e. The van der Waals surface area contributed by atoms with Gasteiger partial charge in [-0.25, -0.2) is 0 Å². The zero-order chi connectivity index (χ0) is 14.5. The minimum atomic E-state index is -1.26. The number of halogens is 1. The number of nitrogens with one attached hydrogen (secondary N) is 1. The van der Waals surface area contributed by atoms with Gasteiger partial charge in [-0.05, 0) is 29.8 Å². The minimum absolute atomic E-state index is 0.113. The molecule has 1 atom stereocenters. The highest BCUT2D eigenvalue weighted by molar-refractivity contribution is 6.30. The van der Waals surface area contributed by atoms with E-state index in [0.29, 0.717) is 10.6 Å². The molecular weight excluding hydrogens is 282 g/mol. The van der Waals surface area contributed by atoms with Crippen molar-refractivity contribution in [1.82, 2.24) is 5.32 Å². The molecule has 0 fully saturated rings. The molecule has 0 aliphatic carbocycles. The van der Waals surface area contributed by atoms with Gasteiger partial charge in [-0.1, -0.05) is 23.7 Å². The maximum absolute atomic E-state index is 11.9. The number of carbonyl (C=O) groups excluding carboxylic acids is 2. The smallest absolute Gasteiger partial charge is 0.287 e. The highest BCUT2D eigenvalue weighted by atomic mass is 35.5. The quantitative estimate of drug-likeness (QED) is 0.906. The molecule has 0 bridgehead atoms. The molecule has 1 amide bonds. The molecule has 1 N–H and O–H groups in total. The number of hydrogen-bond acceptors (Lipinski definition) is 4. The summed E-state index contributed by atoms with van der Waals surface area (Å²) in [4.78, 5) is 22.7. The Morgan fingerprint density at radius 2 is 1.95 bits per heavy atom. The lowest BCUT2D eigenvalue weighted by Crippen LogP contribution is -2.34. The van der Waals surface area contributed by atoms with Gasteiger partial charge in [0.25, 0.3) is 5.91 Å². The molecule has 0 aliphatic heterocycles. The van der Waals surface area contributed by atoms with Crippen molar-refractivity contribution in [2.24, 2.45) is 0 Å². The Balaban J connectivity index is 2.17. The molecule has 20 heavy (non-hydrogen) atoms. The monoisotopic (exact) mass is 292 g/mol. The van der Waals surface area contributed by atoms with Crippen molar-refractivity contribution in [1.29, 1.82) is 0 Å². The first kappa shape index (κ1) is 14.1. The van der Waals surface area contributed by atoms with E-state index in [9.17, 15) is 14.7 Å². The van der Waals surface area contributed by atoms with Crippen LogP contribution in [0.4, 0.5) is 0 Å². The number of carboxylic acid groups (broad SMARTS) is 1. The fraction of sp³-hybridized carbons (Fsp3) is 0.143. The van der Waals surface area contributed by atoms with Crippen molar-refractivity contribution in [2.75, 3.05) is 0 Å². The highest BCUT2D eigenvalue weighted by Crippen LogP contribution is 2.20. The Morgan fingerprint density at radius 3 is 2.50 bits per heavy atom. The average molecular weight is 293 g/mol. The fourth-order valence-corrected chi connectivity index (χ4v) is 1.88. The zero-order valence-electron chi connectivity index (χ0n) is 10.3. The lowest BCUT2D eigenvalue weighted by atomic mass is 10.0. The summed E-state index contributed by atoms with van der Waals surface area (Å²) in [6.07, 6.45) is 1.03. The third-order valence-corrected chi connectivity index (χ3v) is 2.95. The Kier molecular flexibility index (Phi) is 4.42. The second kappa shape index (κ2) is 6.25. The van der Waals surface area contributed by atoms with Crippen LogP contribution in [0.2, 0.25) is 5.02 Å². The lowest BCUT2D eigenvalue weighted by Gasteiger charge is -2.19. The van der Waals surface area contributed by atoms with Gasteiger partial charge in [0.15, 0.2) is 5.76 Å². The molecule has 1 aromatic heterocycles. The van der Waals surface area contributed by atoms with E-state index in [2.05, 4.69) is 5.32 Å². The zero-order valence-corrected chi connectivity index (χ0v) is 11.1. The van der Waals surface area contributed by atoms with E-state index in [1.807, 2.05) is 0 Å². The summed E-state index contributed by atoms with van der Waals surface area (Å²) in [7, 11) is 0. The third-order valence-electron chi connectivity index (χ3n) is 2.69. The van der Waals surface area contributed by atoms with E-state index in [-0.39, 0.29) is 12.2 Å². The van der Waals surface area contributed by atoms with Crippen molar-refractivity contribution >= 4 is 23.5 Å². The van der Waals surface area contributed by atoms with Gasteiger partial charge >= 0.3 is 0 Å². The fourth-order valence-electron chi connectivity index (χ4n) is 1.75. The molecule has 104 valence electrons. The van der Waals surface area contributed by atoms with Crippen LogP contribution in [0.1, 0.15) is 28.6 Å². The first-order valence-electron chi connectivity index (χ1n) is 5.86. The summed E-state index contributed by atoms with van der Waals surface area (Å²) in [5.41, 5.74) is 0.624. The van der Waals surface area contributed by atoms with E-state index in [4.69, 9.17) is 16.0 Å². The molecule has 0 unspecified atom stereocenters. The second-order valence-electron chi connectivity index (χ2n) is 4.13. The van der Waals surface area contributed by atoms with Crippen LogP contribution in [-0.2, 0) is 4.79 Å². The summed E-state index contributed by atoms with van der Waals surface area (Å²) < 4.78 is 4.96. The Morgan fingerprint density at radius 1 is 1.25 bits per heavy atom. The molecule has 5 nitrogen and oxygen atoms in total. The van der Waals surface area contributed by atoms with Crippen LogP contribution in [0.15, 0.2) is 47.1 Å². The van der Waals surface area contributed by atoms with Gasteiger partial charge in [0.1, 0.15) is 0 Å². The van der Waals surface area contributed by atoms with Crippen LogP contribution >= 0.6 is 11.6 Å². The van der Waals surface area contributed by atoms with Crippen LogP contribution < -0.4 is 10.4 Å². The molecule has 1 heterocycles. The number of carboxylic acids is 1. The molecule has 0 aliphatic rings. The van der Waals surface area contributed by atoms with Gasteiger partial charge in [-0.15, -0.1) is 0 Å². The number of furan rings is 1.